The maximum Gasteiger partial charge on any atom is 0.262 e. The first-order valence-electron chi connectivity index (χ1n) is 12.4. The Labute approximate surface area is 201 Å². The molecule has 182 valence electrons. The summed E-state index contributed by atoms with van der Waals surface area (Å²) in [4.78, 5) is 15.5. The summed E-state index contributed by atoms with van der Waals surface area (Å²) in [5.74, 6) is 2.81. The van der Waals surface area contributed by atoms with Crippen LogP contribution < -0.4 is 19.5 Å². The van der Waals surface area contributed by atoms with Gasteiger partial charge in [0.05, 0.1) is 6.10 Å². The Bertz CT molecular complexity index is 987. The van der Waals surface area contributed by atoms with Crippen LogP contribution in [0.3, 0.4) is 0 Å². The SMILES string of the molecule is Cc1cccc(O[C@H](CN(Cc2ccc3c(c2)OCO3)C[C@H]2CCCO2)C(=O)NCC2CC2)c1. The van der Waals surface area contributed by atoms with Gasteiger partial charge in [0.25, 0.3) is 5.91 Å². The summed E-state index contributed by atoms with van der Waals surface area (Å²) in [5, 5.41) is 3.12. The normalized spacial score (nSPS) is 19.9. The van der Waals surface area contributed by atoms with Crippen molar-refractivity contribution in [1.82, 2.24) is 10.2 Å². The van der Waals surface area contributed by atoms with Crippen molar-refractivity contribution in [1.29, 1.82) is 0 Å². The molecule has 2 aliphatic heterocycles. The third-order valence-corrected chi connectivity index (χ3v) is 6.58. The monoisotopic (exact) mass is 466 g/mol. The Morgan fingerprint density at radius 3 is 2.82 bits per heavy atom. The Hall–Kier alpha value is -2.77. The third-order valence-electron chi connectivity index (χ3n) is 6.58. The second-order valence-electron chi connectivity index (χ2n) is 9.63. The summed E-state index contributed by atoms with van der Waals surface area (Å²) in [6.07, 6.45) is 4.06. The number of rotatable bonds is 11. The van der Waals surface area contributed by atoms with Crippen molar-refractivity contribution in [3.8, 4) is 17.2 Å². The van der Waals surface area contributed by atoms with Gasteiger partial charge in [0, 0.05) is 32.8 Å². The van der Waals surface area contributed by atoms with Gasteiger partial charge in [-0.2, -0.15) is 0 Å². The van der Waals surface area contributed by atoms with E-state index in [1.807, 2.05) is 43.3 Å². The molecule has 7 heteroatoms. The molecule has 1 saturated carbocycles. The van der Waals surface area contributed by atoms with Crippen molar-refractivity contribution in [2.45, 2.75) is 51.4 Å². The Morgan fingerprint density at radius 1 is 1.15 bits per heavy atom. The average Bonchev–Trinajstić information content (AvgIpc) is 3.29. The first kappa shape index (κ1) is 23.0. The van der Waals surface area contributed by atoms with Gasteiger partial charge < -0.3 is 24.3 Å². The van der Waals surface area contributed by atoms with Crippen molar-refractivity contribution in [3.05, 3.63) is 53.6 Å². The molecule has 2 aromatic rings. The van der Waals surface area contributed by atoms with Gasteiger partial charge in [-0.3, -0.25) is 9.69 Å². The lowest BCUT2D eigenvalue weighted by Gasteiger charge is -2.29. The highest BCUT2D eigenvalue weighted by atomic mass is 16.7. The smallest absolute Gasteiger partial charge is 0.262 e. The van der Waals surface area contributed by atoms with Crippen LogP contribution in [0.25, 0.3) is 0 Å². The number of benzene rings is 2. The van der Waals surface area contributed by atoms with E-state index >= 15 is 0 Å². The number of ether oxygens (including phenoxy) is 4. The fraction of sp³-hybridized carbons (Fsp3) is 0.519. The van der Waals surface area contributed by atoms with E-state index in [1.54, 1.807) is 0 Å². The minimum atomic E-state index is -0.615. The van der Waals surface area contributed by atoms with Crippen LogP contribution in [-0.4, -0.2) is 56.0 Å². The van der Waals surface area contributed by atoms with Gasteiger partial charge in [0.15, 0.2) is 17.6 Å². The molecule has 0 bridgehead atoms. The summed E-state index contributed by atoms with van der Waals surface area (Å²) >= 11 is 0. The summed E-state index contributed by atoms with van der Waals surface area (Å²) < 4.78 is 23.2. The van der Waals surface area contributed by atoms with E-state index in [-0.39, 0.29) is 18.8 Å². The summed E-state index contributed by atoms with van der Waals surface area (Å²) in [6, 6.07) is 13.9. The largest absolute Gasteiger partial charge is 0.479 e. The number of amides is 1. The number of nitrogens with zero attached hydrogens (tertiary/aromatic N) is 1. The highest BCUT2D eigenvalue weighted by molar-refractivity contribution is 5.81. The second-order valence-corrected chi connectivity index (χ2v) is 9.63. The predicted octanol–water partition coefficient (Wildman–Crippen LogP) is 3.68. The van der Waals surface area contributed by atoms with Crippen LogP contribution in [0.2, 0.25) is 0 Å². The molecule has 0 aromatic heterocycles. The molecule has 2 aromatic carbocycles. The van der Waals surface area contributed by atoms with Gasteiger partial charge in [-0.05, 0) is 73.9 Å². The van der Waals surface area contributed by atoms with E-state index < -0.39 is 6.10 Å². The molecule has 1 saturated heterocycles. The molecule has 5 rings (SSSR count). The average molecular weight is 467 g/mol. The number of carbonyl (C=O) groups is 1. The molecule has 1 N–H and O–H groups in total. The van der Waals surface area contributed by atoms with Gasteiger partial charge in [-0.25, -0.2) is 0 Å². The molecule has 34 heavy (non-hydrogen) atoms. The van der Waals surface area contributed by atoms with Crippen LogP contribution in [0.1, 0.15) is 36.8 Å². The zero-order valence-corrected chi connectivity index (χ0v) is 19.8. The van der Waals surface area contributed by atoms with Crippen LogP contribution in [0.5, 0.6) is 17.2 Å². The molecule has 1 aliphatic carbocycles. The minimum Gasteiger partial charge on any atom is -0.479 e. The molecular weight excluding hydrogens is 432 g/mol. The van der Waals surface area contributed by atoms with Crippen molar-refractivity contribution >= 4 is 5.91 Å². The lowest BCUT2D eigenvalue weighted by Crippen LogP contribution is -2.47. The highest BCUT2D eigenvalue weighted by Gasteiger charge is 2.29. The fourth-order valence-corrected chi connectivity index (χ4v) is 4.52. The van der Waals surface area contributed by atoms with Crippen LogP contribution in [0.15, 0.2) is 42.5 Å². The number of fused-ring (bicyclic) bond motifs is 1. The van der Waals surface area contributed by atoms with Crippen molar-refractivity contribution in [2.24, 2.45) is 5.92 Å². The van der Waals surface area contributed by atoms with E-state index in [1.165, 1.54) is 12.8 Å². The molecule has 7 nitrogen and oxygen atoms in total. The Morgan fingerprint density at radius 2 is 2.03 bits per heavy atom. The van der Waals surface area contributed by atoms with Gasteiger partial charge in [-0.1, -0.05) is 18.2 Å². The van der Waals surface area contributed by atoms with Crippen LogP contribution >= 0.6 is 0 Å². The van der Waals surface area contributed by atoms with Gasteiger partial charge in [0.1, 0.15) is 5.75 Å². The van der Waals surface area contributed by atoms with Crippen LogP contribution in [0.4, 0.5) is 0 Å². The second kappa shape index (κ2) is 10.7. The van der Waals surface area contributed by atoms with Crippen molar-refractivity contribution in [2.75, 3.05) is 33.0 Å². The van der Waals surface area contributed by atoms with Crippen molar-refractivity contribution in [3.63, 3.8) is 0 Å². The van der Waals surface area contributed by atoms with Gasteiger partial charge >= 0.3 is 0 Å². The van der Waals surface area contributed by atoms with Crippen LogP contribution in [-0.2, 0) is 16.1 Å². The number of aryl methyl sites for hydroxylation is 1. The first-order chi connectivity index (χ1) is 16.6. The number of carbonyl (C=O) groups excluding carboxylic acids is 1. The summed E-state index contributed by atoms with van der Waals surface area (Å²) in [7, 11) is 0. The predicted molar refractivity (Wildman–Crippen MR) is 128 cm³/mol. The highest BCUT2D eigenvalue weighted by Crippen LogP contribution is 2.33. The zero-order chi connectivity index (χ0) is 23.3. The molecule has 2 heterocycles. The van der Waals surface area contributed by atoms with Gasteiger partial charge in [-0.15, -0.1) is 0 Å². The molecule has 2 atom stereocenters. The first-order valence-corrected chi connectivity index (χ1v) is 12.4. The molecule has 0 spiro atoms. The lowest BCUT2D eigenvalue weighted by molar-refractivity contribution is -0.129. The number of hydrogen-bond acceptors (Lipinski definition) is 6. The molecule has 2 fully saturated rings. The van der Waals surface area contributed by atoms with E-state index in [0.29, 0.717) is 24.8 Å². The van der Waals surface area contributed by atoms with Crippen molar-refractivity contribution < 1.29 is 23.7 Å². The molecular formula is C27H34N2O5. The standard InChI is InChI=1S/C27H34N2O5/c1-19-4-2-5-22(12-19)34-26(27(30)28-14-20-7-8-20)17-29(16-23-6-3-11-31-23)15-21-9-10-24-25(13-21)33-18-32-24/h2,4-5,9-10,12-13,20,23,26H,3,6-8,11,14-18H2,1H3,(H,28,30)/t23-,26-/m1/s1. The molecule has 0 unspecified atom stereocenters. The maximum atomic E-state index is 13.2. The quantitative estimate of drug-likeness (QED) is 0.545. The topological polar surface area (TPSA) is 69.3 Å². The minimum absolute atomic E-state index is 0.0589. The number of hydrogen-bond donors (Lipinski definition) is 1. The maximum absolute atomic E-state index is 13.2. The summed E-state index contributed by atoms with van der Waals surface area (Å²) in [6.45, 7) is 5.69. The molecule has 1 amide bonds. The Balaban J connectivity index is 1.32. The van der Waals surface area contributed by atoms with E-state index in [2.05, 4.69) is 16.3 Å². The number of nitrogens with one attached hydrogen (secondary N) is 1. The van der Waals surface area contributed by atoms with Gasteiger partial charge in [0.2, 0.25) is 6.79 Å². The third kappa shape index (κ3) is 6.21. The lowest BCUT2D eigenvalue weighted by atomic mass is 10.1. The summed E-state index contributed by atoms with van der Waals surface area (Å²) in [5.41, 5.74) is 2.21. The Kier molecular flexibility index (Phi) is 7.21. The van der Waals surface area contributed by atoms with E-state index in [4.69, 9.17) is 18.9 Å². The van der Waals surface area contributed by atoms with Crippen LogP contribution in [0, 0.1) is 12.8 Å². The van der Waals surface area contributed by atoms with E-state index in [0.717, 1.165) is 55.2 Å². The van der Waals surface area contributed by atoms with E-state index in [9.17, 15) is 4.79 Å². The zero-order valence-electron chi connectivity index (χ0n) is 19.8. The fourth-order valence-electron chi connectivity index (χ4n) is 4.52. The molecule has 0 radical (unpaired) electrons. The molecule has 3 aliphatic rings.